The summed E-state index contributed by atoms with van der Waals surface area (Å²) in [5.74, 6) is -0.246. The number of aromatic nitrogens is 2. The molecule has 0 saturated carbocycles. The molecule has 3 rings (SSSR count). The van der Waals surface area contributed by atoms with Crippen molar-refractivity contribution in [1.29, 1.82) is 0 Å². The molecule has 5 heteroatoms. The van der Waals surface area contributed by atoms with Gasteiger partial charge in [-0.05, 0) is 44.5 Å². The van der Waals surface area contributed by atoms with Gasteiger partial charge in [-0.3, -0.25) is 4.68 Å². The van der Waals surface area contributed by atoms with Gasteiger partial charge in [-0.1, -0.05) is 11.2 Å². The van der Waals surface area contributed by atoms with Crippen LogP contribution in [0, 0.1) is 26.6 Å². The van der Waals surface area contributed by atoms with E-state index in [1.54, 1.807) is 6.07 Å². The van der Waals surface area contributed by atoms with E-state index in [2.05, 4.69) is 10.3 Å². The molecule has 1 aliphatic rings. The summed E-state index contributed by atoms with van der Waals surface area (Å²) in [6, 6.07) is 7.19. The lowest BCUT2D eigenvalue weighted by Gasteiger charge is -2.09. The van der Waals surface area contributed by atoms with E-state index in [1.807, 2.05) is 37.6 Å². The lowest BCUT2D eigenvalue weighted by Crippen LogP contribution is -2.19. The molecule has 0 spiro atoms. The van der Waals surface area contributed by atoms with E-state index < -0.39 is 0 Å². The molecule has 2 heterocycles. The molecule has 1 atom stereocenters. The van der Waals surface area contributed by atoms with Crippen LogP contribution >= 0.6 is 0 Å². The van der Waals surface area contributed by atoms with Crippen LogP contribution in [0.25, 0.3) is 0 Å². The highest BCUT2D eigenvalue weighted by atomic mass is 19.1. The summed E-state index contributed by atoms with van der Waals surface area (Å²) in [5, 5.41) is 8.46. The van der Waals surface area contributed by atoms with Gasteiger partial charge in [-0.15, -0.1) is 0 Å². The number of benzene rings is 1. The molecule has 1 aromatic heterocycles. The van der Waals surface area contributed by atoms with Crippen LogP contribution in [-0.4, -0.2) is 21.6 Å². The summed E-state index contributed by atoms with van der Waals surface area (Å²) in [6.45, 7) is 6.46. The van der Waals surface area contributed by atoms with Gasteiger partial charge in [0.2, 0.25) is 0 Å². The molecule has 1 aliphatic heterocycles. The Morgan fingerprint density at radius 2 is 2.10 bits per heavy atom. The highest BCUT2D eigenvalue weighted by Gasteiger charge is 2.25. The minimum atomic E-state index is -0.246. The standard InChI is InChI=1S/C16H18FN3O/c1-10-4-5-14(15(17)6-10)16-8-13(21-19-16)9-20-12(3)7-11(2)18-20/h4-7,13H,8-9H2,1-3H3/t13-/m1/s1. The van der Waals surface area contributed by atoms with Crippen LogP contribution in [0.4, 0.5) is 4.39 Å². The third-order valence-corrected chi connectivity index (χ3v) is 3.65. The molecule has 21 heavy (non-hydrogen) atoms. The van der Waals surface area contributed by atoms with Gasteiger partial charge in [0.15, 0.2) is 6.10 Å². The molecule has 0 N–H and O–H groups in total. The first-order valence-corrected chi connectivity index (χ1v) is 7.03. The molecule has 0 fully saturated rings. The van der Waals surface area contributed by atoms with Crippen molar-refractivity contribution in [3.8, 4) is 0 Å². The van der Waals surface area contributed by atoms with Gasteiger partial charge < -0.3 is 4.84 Å². The van der Waals surface area contributed by atoms with E-state index in [9.17, 15) is 4.39 Å². The highest BCUT2D eigenvalue weighted by molar-refractivity contribution is 6.01. The predicted octanol–water partition coefficient (Wildman–Crippen LogP) is 3.14. The number of halogens is 1. The fraction of sp³-hybridized carbons (Fsp3) is 0.375. The van der Waals surface area contributed by atoms with Gasteiger partial charge in [0, 0.05) is 17.7 Å². The Balaban J connectivity index is 1.71. The Morgan fingerprint density at radius 1 is 1.29 bits per heavy atom. The van der Waals surface area contributed by atoms with Crippen molar-refractivity contribution in [2.45, 2.75) is 39.8 Å². The number of aryl methyl sites for hydroxylation is 3. The van der Waals surface area contributed by atoms with Crippen LogP contribution in [0.2, 0.25) is 0 Å². The largest absolute Gasteiger partial charge is 0.390 e. The molecule has 2 aromatic rings. The fourth-order valence-electron chi connectivity index (χ4n) is 2.59. The van der Waals surface area contributed by atoms with E-state index >= 15 is 0 Å². The number of nitrogens with zero attached hydrogens (tertiary/aromatic N) is 3. The molecule has 0 saturated heterocycles. The van der Waals surface area contributed by atoms with E-state index in [0.717, 1.165) is 17.0 Å². The van der Waals surface area contributed by atoms with E-state index in [1.165, 1.54) is 6.07 Å². The number of hydrogen-bond donors (Lipinski definition) is 0. The highest BCUT2D eigenvalue weighted by Crippen LogP contribution is 2.21. The molecule has 0 amide bonds. The van der Waals surface area contributed by atoms with Crippen LogP contribution < -0.4 is 0 Å². The average Bonchev–Trinajstić information content (AvgIpc) is 2.97. The molecule has 110 valence electrons. The molecular weight excluding hydrogens is 269 g/mol. The first kappa shape index (κ1) is 13.8. The maximum atomic E-state index is 14.0. The lowest BCUT2D eigenvalue weighted by atomic mass is 10.0. The zero-order valence-electron chi connectivity index (χ0n) is 12.4. The summed E-state index contributed by atoms with van der Waals surface area (Å²) in [7, 11) is 0. The third-order valence-electron chi connectivity index (χ3n) is 3.65. The average molecular weight is 287 g/mol. The van der Waals surface area contributed by atoms with Crippen molar-refractivity contribution in [3.63, 3.8) is 0 Å². The van der Waals surface area contributed by atoms with Crippen molar-refractivity contribution in [3.05, 3.63) is 52.6 Å². The quantitative estimate of drug-likeness (QED) is 0.870. The van der Waals surface area contributed by atoms with Gasteiger partial charge in [-0.25, -0.2) is 4.39 Å². The molecule has 0 unspecified atom stereocenters. The van der Waals surface area contributed by atoms with Crippen molar-refractivity contribution in [2.24, 2.45) is 5.16 Å². The number of rotatable bonds is 3. The Labute approximate surface area is 123 Å². The van der Waals surface area contributed by atoms with Crippen molar-refractivity contribution in [1.82, 2.24) is 9.78 Å². The number of hydrogen-bond acceptors (Lipinski definition) is 3. The minimum absolute atomic E-state index is 0.0984. The monoisotopic (exact) mass is 287 g/mol. The zero-order valence-corrected chi connectivity index (χ0v) is 12.4. The van der Waals surface area contributed by atoms with Crippen molar-refractivity contribution < 1.29 is 9.23 Å². The van der Waals surface area contributed by atoms with Crippen LogP contribution in [-0.2, 0) is 11.4 Å². The molecule has 1 aromatic carbocycles. The predicted molar refractivity (Wildman–Crippen MR) is 78.9 cm³/mol. The fourth-order valence-corrected chi connectivity index (χ4v) is 2.59. The minimum Gasteiger partial charge on any atom is -0.390 e. The van der Waals surface area contributed by atoms with Gasteiger partial charge in [0.25, 0.3) is 0 Å². The van der Waals surface area contributed by atoms with Crippen molar-refractivity contribution in [2.75, 3.05) is 0 Å². The van der Waals surface area contributed by atoms with Crippen LogP contribution in [0.5, 0.6) is 0 Å². The zero-order chi connectivity index (χ0) is 15.0. The topological polar surface area (TPSA) is 39.4 Å². The summed E-state index contributed by atoms with van der Waals surface area (Å²) in [6.07, 6.45) is 0.497. The van der Waals surface area contributed by atoms with Gasteiger partial charge in [0.05, 0.1) is 18.0 Å². The van der Waals surface area contributed by atoms with Crippen LogP contribution in [0.15, 0.2) is 29.4 Å². The summed E-state index contributed by atoms with van der Waals surface area (Å²) in [4.78, 5) is 5.43. The maximum Gasteiger partial charge on any atom is 0.152 e. The van der Waals surface area contributed by atoms with Crippen LogP contribution in [0.3, 0.4) is 0 Å². The Bertz CT molecular complexity index is 706. The Hall–Kier alpha value is -2.17. The van der Waals surface area contributed by atoms with Crippen molar-refractivity contribution >= 4 is 5.71 Å². The molecule has 0 bridgehead atoms. The first-order chi connectivity index (χ1) is 10.0. The summed E-state index contributed by atoms with van der Waals surface area (Å²) < 4.78 is 15.9. The first-order valence-electron chi connectivity index (χ1n) is 7.03. The van der Waals surface area contributed by atoms with Gasteiger partial charge in [0.1, 0.15) is 5.82 Å². The second-order valence-corrected chi connectivity index (χ2v) is 5.56. The van der Waals surface area contributed by atoms with E-state index in [0.29, 0.717) is 24.2 Å². The van der Waals surface area contributed by atoms with E-state index in [-0.39, 0.29) is 11.9 Å². The van der Waals surface area contributed by atoms with E-state index in [4.69, 9.17) is 4.84 Å². The maximum absolute atomic E-state index is 14.0. The van der Waals surface area contributed by atoms with Gasteiger partial charge in [-0.2, -0.15) is 5.10 Å². The Morgan fingerprint density at radius 3 is 2.76 bits per heavy atom. The SMILES string of the molecule is Cc1ccc(C2=NO[C@@H](Cn3nc(C)cc3C)C2)c(F)c1. The normalized spacial score (nSPS) is 17.7. The number of oxime groups is 1. The Kier molecular flexibility index (Phi) is 3.49. The summed E-state index contributed by atoms with van der Waals surface area (Å²) >= 11 is 0. The smallest absolute Gasteiger partial charge is 0.152 e. The molecule has 4 nitrogen and oxygen atoms in total. The van der Waals surface area contributed by atoms with Gasteiger partial charge >= 0.3 is 0 Å². The molecule has 0 radical (unpaired) electrons. The second kappa shape index (κ2) is 5.31. The molecule has 0 aliphatic carbocycles. The van der Waals surface area contributed by atoms with Crippen LogP contribution in [0.1, 0.15) is 28.9 Å². The lowest BCUT2D eigenvalue weighted by molar-refractivity contribution is 0.0692. The second-order valence-electron chi connectivity index (χ2n) is 5.56. The molecular formula is C16H18FN3O. The summed E-state index contributed by atoms with van der Waals surface area (Å²) in [5.41, 5.74) is 4.16. The third kappa shape index (κ3) is 2.82.